The fourth-order valence-electron chi connectivity index (χ4n) is 2.41. The summed E-state index contributed by atoms with van der Waals surface area (Å²) in [6, 6.07) is 12.8. The zero-order valence-corrected chi connectivity index (χ0v) is 14.2. The molecule has 6 heteroatoms. The van der Waals surface area contributed by atoms with Gasteiger partial charge in [-0.3, -0.25) is 20.4 Å². The Hall–Kier alpha value is -2.73. The summed E-state index contributed by atoms with van der Waals surface area (Å²) < 4.78 is 0. The van der Waals surface area contributed by atoms with Gasteiger partial charge in [-0.2, -0.15) is 0 Å². The second-order valence-electron chi connectivity index (χ2n) is 5.37. The van der Waals surface area contributed by atoms with Gasteiger partial charge in [0.05, 0.1) is 10.4 Å². The van der Waals surface area contributed by atoms with Crippen LogP contribution in [0, 0.1) is 6.92 Å². The van der Waals surface area contributed by atoms with E-state index in [1.807, 2.05) is 50.2 Å². The molecule has 2 amide bonds. The average Bonchev–Trinajstić information content (AvgIpc) is 2.99. The molecule has 2 aromatic heterocycles. The first-order valence-corrected chi connectivity index (χ1v) is 8.46. The SMILES string of the molecule is CCc1sc(C(=O)NNC(=O)c2ccc3ccccc3n2)cc1C. The minimum absolute atomic E-state index is 0.255. The second-order valence-corrected chi connectivity index (χ2v) is 6.50. The molecule has 0 spiro atoms. The van der Waals surface area contributed by atoms with Crippen molar-refractivity contribution in [2.24, 2.45) is 0 Å². The number of hydrazine groups is 1. The monoisotopic (exact) mass is 339 g/mol. The molecule has 2 heterocycles. The van der Waals surface area contributed by atoms with Gasteiger partial charge in [-0.1, -0.05) is 31.2 Å². The van der Waals surface area contributed by atoms with Crippen LogP contribution in [-0.2, 0) is 6.42 Å². The van der Waals surface area contributed by atoms with E-state index in [1.54, 1.807) is 6.07 Å². The molecule has 2 N–H and O–H groups in total. The van der Waals surface area contributed by atoms with Crippen LogP contribution in [0.5, 0.6) is 0 Å². The molecule has 0 unspecified atom stereocenters. The molecule has 0 aliphatic rings. The van der Waals surface area contributed by atoms with Gasteiger partial charge >= 0.3 is 0 Å². The average molecular weight is 339 g/mol. The van der Waals surface area contributed by atoms with Crippen LogP contribution in [0.4, 0.5) is 0 Å². The lowest BCUT2D eigenvalue weighted by Gasteiger charge is -2.06. The molecule has 3 rings (SSSR count). The van der Waals surface area contributed by atoms with Gasteiger partial charge in [0.15, 0.2) is 0 Å². The van der Waals surface area contributed by atoms with E-state index in [9.17, 15) is 9.59 Å². The summed E-state index contributed by atoms with van der Waals surface area (Å²) in [6.07, 6.45) is 0.886. The molecule has 0 bridgehead atoms. The summed E-state index contributed by atoms with van der Waals surface area (Å²) >= 11 is 1.44. The van der Waals surface area contributed by atoms with Crippen molar-refractivity contribution in [3.8, 4) is 0 Å². The van der Waals surface area contributed by atoms with E-state index in [-0.39, 0.29) is 11.6 Å². The van der Waals surface area contributed by atoms with Gasteiger partial charge in [0, 0.05) is 10.3 Å². The molecule has 0 saturated carbocycles. The van der Waals surface area contributed by atoms with Crippen molar-refractivity contribution in [3.05, 3.63) is 63.5 Å². The van der Waals surface area contributed by atoms with Crippen LogP contribution in [-0.4, -0.2) is 16.8 Å². The molecular weight excluding hydrogens is 322 g/mol. The Bertz CT molecular complexity index is 918. The van der Waals surface area contributed by atoms with Gasteiger partial charge in [-0.05, 0) is 37.1 Å². The summed E-state index contributed by atoms with van der Waals surface area (Å²) in [6.45, 7) is 4.03. The number of aromatic nitrogens is 1. The quantitative estimate of drug-likeness (QED) is 0.720. The van der Waals surface area contributed by atoms with Crippen LogP contribution >= 0.6 is 11.3 Å². The number of hydrogen-bond donors (Lipinski definition) is 2. The molecule has 1 aromatic carbocycles. The summed E-state index contributed by atoms with van der Waals surface area (Å²) in [5.41, 5.74) is 6.94. The van der Waals surface area contributed by atoms with Crippen molar-refractivity contribution in [1.29, 1.82) is 0 Å². The Labute approximate surface area is 143 Å². The van der Waals surface area contributed by atoms with Crippen LogP contribution in [0.1, 0.15) is 37.5 Å². The van der Waals surface area contributed by atoms with Crippen molar-refractivity contribution in [2.45, 2.75) is 20.3 Å². The van der Waals surface area contributed by atoms with Crippen LogP contribution in [0.15, 0.2) is 42.5 Å². The molecule has 0 aliphatic heterocycles. The van der Waals surface area contributed by atoms with E-state index in [4.69, 9.17) is 0 Å². The lowest BCUT2D eigenvalue weighted by molar-refractivity contribution is 0.0846. The number of para-hydroxylation sites is 1. The van der Waals surface area contributed by atoms with Gasteiger partial charge in [0.1, 0.15) is 5.69 Å². The molecule has 3 aromatic rings. The Morgan fingerprint density at radius 1 is 1.08 bits per heavy atom. The van der Waals surface area contributed by atoms with E-state index in [0.717, 1.165) is 22.9 Å². The predicted octanol–water partition coefficient (Wildman–Crippen LogP) is 3.24. The van der Waals surface area contributed by atoms with E-state index in [0.29, 0.717) is 4.88 Å². The molecular formula is C18H17N3O2S. The minimum atomic E-state index is -0.446. The molecule has 24 heavy (non-hydrogen) atoms. The maximum Gasteiger partial charge on any atom is 0.288 e. The normalized spacial score (nSPS) is 10.6. The topological polar surface area (TPSA) is 71.1 Å². The maximum atomic E-state index is 12.2. The van der Waals surface area contributed by atoms with Crippen LogP contribution in [0.3, 0.4) is 0 Å². The Morgan fingerprint density at radius 3 is 2.58 bits per heavy atom. The van der Waals surface area contributed by atoms with Crippen LogP contribution in [0.25, 0.3) is 10.9 Å². The number of nitrogens with zero attached hydrogens (tertiary/aromatic N) is 1. The van der Waals surface area contributed by atoms with Gasteiger partial charge in [-0.15, -0.1) is 11.3 Å². The zero-order chi connectivity index (χ0) is 17.1. The van der Waals surface area contributed by atoms with E-state index >= 15 is 0 Å². The standard InChI is InChI=1S/C18H17N3O2S/c1-3-15-11(2)10-16(24-15)18(23)21-20-17(22)14-9-8-12-6-4-5-7-13(12)19-14/h4-10H,3H2,1-2H3,(H,20,22)(H,21,23). The largest absolute Gasteiger partial charge is 0.288 e. The number of carbonyl (C=O) groups excluding carboxylic acids is 2. The molecule has 0 radical (unpaired) electrons. The van der Waals surface area contributed by atoms with Crippen molar-refractivity contribution < 1.29 is 9.59 Å². The van der Waals surface area contributed by atoms with Crippen molar-refractivity contribution >= 4 is 34.1 Å². The number of benzene rings is 1. The number of fused-ring (bicyclic) bond motifs is 1. The molecule has 0 saturated heterocycles. The van der Waals surface area contributed by atoms with E-state index in [2.05, 4.69) is 15.8 Å². The lowest BCUT2D eigenvalue weighted by Crippen LogP contribution is -2.41. The minimum Gasteiger partial charge on any atom is -0.266 e. The summed E-state index contributed by atoms with van der Waals surface area (Å²) in [7, 11) is 0. The fourth-order valence-corrected chi connectivity index (χ4v) is 3.42. The number of nitrogens with one attached hydrogen (secondary N) is 2. The second kappa shape index (κ2) is 6.80. The number of amides is 2. The van der Waals surface area contributed by atoms with Crippen LogP contribution in [0.2, 0.25) is 0 Å². The Morgan fingerprint density at radius 2 is 1.83 bits per heavy atom. The third kappa shape index (κ3) is 3.28. The third-order valence-electron chi connectivity index (χ3n) is 3.69. The molecule has 5 nitrogen and oxygen atoms in total. The van der Waals surface area contributed by atoms with Gasteiger partial charge in [0.2, 0.25) is 0 Å². The number of aryl methyl sites for hydroxylation is 2. The van der Waals surface area contributed by atoms with E-state index in [1.165, 1.54) is 16.2 Å². The molecule has 0 fully saturated rings. The number of thiophene rings is 1. The number of rotatable bonds is 3. The summed E-state index contributed by atoms with van der Waals surface area (Å²) in [5, 5.41) is 0.958. The first-order chi connectivity index (χ1) is 11.6. The summed E-state index contributed by atoms with van der Waals surface area (Å²) in [5.74, 6) is -0.768. The van der Waals surface area contributed by atoms with Crippen molar-refractivity contribution in [1.82, 2.24) is 15.8 Å². The van der Waals surface area contributed by atoms with Crippen LogP contribution < -0.4 is 10.9 Å². The highest BCUT2D eigenvalue weighted by molar-refractivity contribution is 7.14. The highest BCUT2D eigenvalue weighted by Gasteiger charge is 2.14. The summed E-state index contributed by atoms with van der Waals surface area (Å²) in [4.78, 5) is 30.4. The third-order valence-corrected chi connectivity index (χ3v) is 5.07. The fraction of sp³-hybridized carbons (Fsp3) is 0.167. The first kappa shape index (κ1) is 16.1. The molecule has 122 valence electrons. The highest BCUT2D eigenvalue weighted by Crippen LogP contribution is 2.22. The van der Waals surface area contributed by atoms with Crippen molar-refractivity contribution in [3.63, 3.8) is 0 Å². The van der Waals surface area contributed by atoms with Gasteiger partial charge in [-0.25, -0.2) is 4.98 Å². The van der Waals surface area contributed by atoms with E-state index < -0.39 is 5.91 Å². The predicted molar refractivity (Wildman–Crippen MR) is 95.1 cm³/mol. The Balaban J connectivity index is 1.68. The smallest absolute Gasteiger partial charge is 0.266 e. The molecule has 0 aliphatic carbocycles. The maximum absolute atomic E-state index is 12.2. The first-order valence-electron chi connectivity index (χ1n) is 7.64. The highest BCUT2D eigenvalue weighted by atomic mass is 32.1. The zero-order valence-electron chi connectivity index (χ0n) is 13.4. The Kier molecular flexibility index (Phi) is 4.57. The number of hydrogen-bond acceptors (Lipinski definition) is 4. The van der Waals surface area contributed by atoms with Crippen molar-refractivity contribution in [2.75, 3.05) is 0 Å². The number of carbonyl (C=O) groups is 2. The number of pyridine rings is 1. The lowest BCUT2D eigenvalue weighted by atomic mass is 10.2. The molecule has 0 atom stereocenters. The van der Waals surface area contributed by atoms with Gasteiger partial charge < -0.3 is 0 Å². The van der Waals surface area contributed by atoms with Gasteiger partial charge in [0.25, 0.3) is 11.8 Å².